The first-order valence-electron chi connectivity index (χ1n) is 9.41. The van der Waals surface area contributed by atoms with E-state index in [4.69, 9.17) is 21.6 Å². The van der Waals surface area contributed by atoms with Crippen LogP contribution in [0.2, 0.25) is 5.02 Å². The van der Waals surface area contributed by atoms with Gasteiger partial charge in [0.1, 0.15) is 5.75 Å². The molecule has 2 rings (SSSR count). The van der Waals surface area contributed by atoms with Gasteiger partial charge in [0.2, 0.25) is 6.19 Å². The van der Waals surface area contributed by atoms with Gasteiger partial charge in [0.05, 0.1) is 6.61 Å². The van der Waals surface area contributed by atoms with E-state index < -0.39 is 0 Å². The van der Waals surface area contributed by atoms with Crippen LogP contribution in [0.3, 0.4) is 0 Å². The van der Waals surface area contributed by atoms with Crippen LogP contribution in [0.25, 0.3) is 0 Å². The first kappa shape index (κ1) is 20.9. The van der Waals surface area contributed by atoms with Crippen molar-refractivity contribution >= 4 is 17.3 Å². The molecule has 1 aromatic heterocycles. The van der Waals surface area contributed by atoms with E-state index in [1.807, 2.05) is 49.6 Å². The molecule has 0 aliphatic carbocycles. The molecule has 0 bridgehead atoms. The van der Waals surface area contributed by atoms with Crippen molar-refractivity contribution in [1.82, 2.24) is 4.98 Å². The van der Waals surface area contributed by atoms with Crippen molar-refractivity contribution in [2.45, 2.75) is 51.9 Å². The molecule has 4 nitrogen and oxygen atoms in total. The first-order chi connectivity index (χ1) is 13.2. The van der Waals surface area contributed by atoms with Gasteiger partial charge in [-0.1, -0.05) is 30.9 Å². The monoisotopic (exact) mass is 383 g/mol. The molecule has 0 N–H and O–H groups in total. The highest BCUT2D eigenvalue weighted by molar-refractivity contribution is 6.30. The Bertz CT molecular complexity index is 766. The molecule has 0 radical (unpaired) electrons. The molecule has 0 aliphatic heterocycles. The number of pyridine rings is 1. The summed E-state index contributed by atoms with van der Waals surface area (Å²) in [6.45, 7) is 2.77. The summed E-state index contributed by atoms with van der Waals surface area (Å²) in [7, 11) is 0. The maximum Gasteiger partial charge on any atom is 0.205 e. The summed E-state index contributed by atoms with van der Waals surface area (Å²) in [5, 5.41) is 9.64. The van der Waals surface area contributed by atoms with E-state index in [0.717, 1.165) is 73.6 Å². The van der Waals surface area contributed by atoms with Gasteiger partial charge in [-0.25, -0.2) is 0 Å². The second kappa shape index (κ2) is 12.1. The maximum absolute atomic E-state index is 8.92. The lowest BCUT2D eigenvalue weighted by Crippen LogP contribution is -2.05. The quantitative estimate of drug-likeness (QED) is 0.274. The fraction of sp³-hybridized carbons (Fsp3) is 0.409. The fourth-order valence-corrected chi connectivity index (χ4v) is 2.98. The topological polar surface area (TPSA) is 58.3 Å². The number of aryl methyl sites for hydroxylation is 1. The number of aliphatic imine (C=N–C) groups is 1. The molecule has 0 unspecified atom stereocenters. The van der Waals surface area contributed by atoms with E-state index in [1.165, 1.54) is 5.56 Å². The van der Waals surface area contributed by atoms with Gasteiger partial charge < -0.3 is 4.74 Å². The summed E-state index contributed by atoms with van der Waals surface area (Å²) in [4.78, 5) is 8.13. The number of unbranched alkanes of at least 4 members (excludes halogenated alkanes) is 4. The van der Waals surface area contributed by atoms with Crippen LogP contribution in [0, 0.1) is 18.4 Å². The minimum Gasteiger partial charge on any atom is -0.494 e. The van der Waals surface area contributed by atoms with Crippen LogP contribution in [0.1, 0.15) is 49.7 Å². The third-order valence-corrected chi connectivity index (χ3v) is 4.68. The minimum atomic E-state index is 0.723. The van der Waals surface area contributed by atoms with Crippen molar-refractivity contribution in [3.63, 3.8) is 0 Å². The molecule has 0 saturated heterocycles. The normalized spacial score (nSPS) is 11.2. The summed E-state index contributed by atoms with van der Waals surface area (Å²) >= 11 is 5.85. The highest BCUT2D eigenvalue weighted by Crippen LogP contribution is 2.16. The Morgan fingerprint density at radius 2 is 1.85 bits per heavy atom. The van der Waals surface area contributed by atoms with Gasteiger partial charge in [-0.05, 0) is 67.6 Å². The molecule has 0 amide bonds. The number of benzene rings is 1. The average molecular weight is 384 g/mol. The lowest BCUT2D eigenvalue weighted by Gasteiger charge is -2.08. The van der Waals surface area contributed by atoms with Crippen molar-refractivity contribution in [1.29, 1.82) is 5.26 Å². The summed E-state index contributed by atoms with van der Waals surface area (Å²) in [5.41, 5.74) is 3.29. The summed E-state index contributed by atoms with van der Waals surface area (Å²) in [6, 6.07) is 9.46. The van der Waals surface area contributed by atoms with Gasteiger partial charge in [0.25, 0.3) is 0 Å². The number of nitriles is 1. The predicted molar refractivity (Wildman–Crippen MR) is 110 cm³/mol. The number of ether oxygens (including phenoxy) is 1. The van der Waals surface area contributed by atoms with E-state index in [9.17, 15) is 0 Å². The van der Waals surface area contributed by atoms with Crippen LogP contribution >= 0.6 is 11.6 Å². The molecular formula is C22H26ClN3O. The maximum atomic E-state index is 8.92. The average Bonchev–Trinajstić information content (AvgIpc) is 2.67. The van der Waals surface area contributed by atoms with Crippen molar-refractivity contribution in [2.24, 2.45) is 4.99 Å². The Labute approximate surface area is 166 Å². The lowest BCUT2D eigenvalue weighted by atomic mass is 10.0. The Balaban J connectivity index is 1.59. The number of rotatable bonds is 11. The van der Waals surface area contributed by atoms with Gasteiger partial charge in [0.15, 0.2) is 0 Å². The highest BCUT2D eigenvalue weighted by atomic mass is 35.5. The molecule has 0 saturated carbocycles. The van der Waals surface area contributed by atoms with Gasteiger partial charge in [0, 0.05) is 29.5 Å². The van der Waals surface area contributed by atoms with E-state index in [0.29, 0.717) is 0 Å². The third-order valence-electron chi connectivity index (χ3n) is 4.43. The molecule has 1 aromatic carbocycles. The first-order valence-corrected chi connectivity index (χ1v) is 9.79. The van der Waals surface area contributed by atoms with Crippen molar-refractivity contribution < 1.29 is 4.74 Å². The number of hydrogen-bond donors (Lipinski definition) is 0. The highest BCUT2D eigenvalue weighted by Gasteiger charge is 2.05. The van der Waals surface area contributed by atoms with E-state index >= 15 is 0 Å². The Kier molecular flexibility index (Phi) is 9.37. The molecule has 2 aromatic rings. The zero-order valence-electron chi connectivity index (χ0n) is 15.8. The molecule has 0 spiro atoms. The Morgan fingerprint density at radius 1 is 1.11 bits per heavy atom. The standard InChI is InChI=1S/C22H26ClN3O/c1-18-16-25-13-12-19(18)15-21(26-17-24)7-5-3-2-4-6-14-27-22-10-8-20(23)9-11-22/h8-13,16H,2-7,14-15H2,1H3. The van der Waals surface area contributed by atoms with Crippen LogP contribution in [0.5, 0.6) is 5.75 Å². The zero-order chi connectivity index (χ0) is 19.3. The molecular weight excluding hydrogens is 358 g/mol. The van der Waals surface area contributed by atoms with E-state index in [1.54, 1.807) is 6.20 Å². The lowest BCUT2D eigenvalue weighted by molar-refractivity contribution is 0.304. The number of hydrogen-bond acceptors (Lipinski definition) is 4. The zero-order valence-corrected chi connectivity index (χ0v) is 16.6. The largest absolute Gasteiger partial charge is 0.494 e. The second-order valence-corrected chi connectivity index (χ2v) is 7.01. The third kappa shape index (κ3) is 8.23. The predicted octanol–water partition coefficient (Wildman–Crippen LogP) is 5.93. The van der Waals surface area contributed by atoms with Crippen LogP contribution in [0.15, 0.2) is 47.7 Å². The summed E-state index contributed by atoms with van der Waals surface area (Å²) in [5.74, 6) is 0.864. The van der Waals surface area contributed by atoms with E-state index in [-0.39, 0.29) is 0 Å². The SMILES string of the molecule is Cc1cnccc1CC(CCCCCCCOc1ccc(Cl)cc1)=NC#N. The molecule has 0 fully saturated rings. The molecule has 0 aliphatic rings. The smallest absolute Gasteiger partial charge is 0.205 e. The van der Waals surface area contributed by atoms with Gasteiger partial charge >= 0.3 is 0 Å². The van der Waals surface area contributed by atoms with Crippen LogP contribution < -0.4 is 4.74 Å². The van der Waals surface area contributed by atoms with Crippen molar-refractivity contribution in [3.05, 3.63) is 58.9 Å². The number of nitrogens with zero attached hydrogens (tertiary/aromatic N) is 3. The summed E-state index contributed by atoms with van der Waals surface area (Å²) < 4.78 is 5.70. The van der Waals surface area contributed by atoms with Gasteiger partial charge in [-0.3, -0.25) is 4.98 Å². The molecule has 142 valence electrons. The second-order valence-electron chi connectivity index (χ2n) is 6.58. The molecule has 27 heavy (non-hydrogen) atoms. The summed E-state index contributed by atoms with van der Waals surface area (Å²) in [6.07, 6.45) is 12.7. The minimum absolute atomic E-state index is 0.723. The molecule has 5 heteroatoms. The number of aromatic nitrogens is 1. The van der Waals surface area contributed by atoms with Gasteiger partial charge in [-0.2, -0.15) is 10.3 Å². The van der Waals surface area contributed by atoms with Crippen LogP contribution in [-0.2, 0) is 6.42 Å². The van der Waals surface area contributed by atoms with Crippen LogP contribution in [-0.4, -0.2) is 17.3 Å². The Morgan fingerprint density at radius 3 is 2.59 bits per heavy atom. The number of halogens is 1. The van der Waals surface area contributed by atoms with Crippen LogP contribution in [0.4, 0.5) is 0 Å². The van der Waals surface area contributed by atoms with E-state index in [2.05, 4.69) is 9.98 Å². The molecule has 1 heterocycles. The molecule has 0 atom stereocenters. The van der Waals surface area contributed by atoms with Crippen molar-refractivity contribution in [2.75, 3.05) is 6.61 Å². The fourth-order valence-electron chi connectivity index (χ4n) is 2.86. The van der Waals surface area contributed by atoms with Crippen molar-refractivity contribution in [3.8, 4) is 11.9 Å². The van der Waals surface area contributed by atoms with Gasteiger partial charge in [-0.15, -0.1) is 0 Å². The Hall–Kier alpha value is -2.38.